The maximum Gasteiger partial charge on any atom is 0.343 e. The first-order valence-corrected chi connectivity index (χ1v) is 9.13. The number of alkyl halides is 1. The highest BCUT2D eigenvalue weighted by molar-refractivity contribution is 7.09. The van der Waals surface area contributed by atoms with E-state index in [0.717, 1.165) is 0 Å². The molecule has 1 saturated heterocycles. The molecule has 1 aromatic carbocycles. The first-order valence-electron chi connectivity index (χ1n) is 7.87. The molecule has 26 heavy (non-hydrogen) atoms. The predicted molar refractivity (Wildman–Crippen MR) is 94.3 cm³/mol. The average Bonchev–Trinajstić information content (AvgIpc) is 3.22. The summed E-state index contributed by atoms with van der Waals surface area (Å²) in [5.41, 5.74) is -1.80. The third-order valence-electron chi connectivity index (χ3n) is 4.06. The van der Waals surface area contributed by atoms with Crippen LogP contribution in [0, 0.1) is 0 Å². The minimum atomic E-state index is -2.35. The van der Waals surface area contributed by atoms with Gasteiger partial charge in [0.15, 0.2) is 0 Å². The fourth-order valence-electron chi connectivity index (χ4n) is 2.60. The molecule has 0 spiro atoms. The molecule has 3 rings (SSSR count). The normalized spacial score (nSPS) is 19.5. The number of carbonyl (C=O) groups excluding carboxylic acids is 1. The van der Waals surface area contributed by atoms with Gasteiger partial charge in [-0.25, -0.2) is 14.2 Å². The van der Waals surface area contributed by atoms with E-state index < -0.39 is 18.2 Å². The lowest BCUT2D eigenvalue weighted by atomic mass is 10.1. The Morgan fingerprint density at radius 2 is 2.12 bits per heavy atom. The van der Waals surface area contributed by atoms with Crippen LogP contribution in [0.5, 0.6) is 5.75 Å². The highest BCUT2D eigenvalue weighted by Crippen LogP contribution is 2.26. The summed E-state index contributed by atoms with van der Waals surface area (Å²) in [4.78, 5) is 28.7. The van der Waals surface area contributed by atoms with E-state index in [2.05, 4.69) is 4.98 Å². The molecule has 1 amide bonds. The molecule has 2 aromatic rings. The summed E-state index contributed by atoms with van der Waals surface area (Å²) in [6, 6.07) is 6.95. The van der Waals surface area contributed by atoms with Crippen LogP contribution in [0.25, 0.3) is 0 Å². The second-order valence-corrected chi connectivity index (χ2v) is 7.37. The van der Waals surface area contributed by atoms with Crippen LogP contribution in [0.15, 0.2) is 29.6 Å². The van der Waals surface area contributed by atoms with Crippen LogP contribution in [-0.4, -0.2) is 45.6 Å². The van der Waals surface area contributed by atoms with Crippen molar-refractivity contribution in [2.45, 2.75) is 25.1 Å². The second-order valence-electron chi connectivity index (χ2n) is 5.99. The zero-order valence-corrected chi connectivity index (χ0v) is 15.2. The standard InChI is InChI=1S/C17H16ClFN2O4S/c18-11-1-3-13(4-2-11)25-8-14-20-12(9-26-14)7-15(22)21-6-5-17(19,10-21)16(23)24/h1-4,9H,5-8,10H2,(H,23,24). The van der Waals surface area contributed by atoms with E-state index in [9.17, 15) is 14.0 Å². The van der Waals surface area contributed by atoms with Gasteiger partial charge in [0.05, 0.1) is 18.7 Å². The van der Waals surface area contributed by atoms with Crippen LogP contribution >= 0.6 is 22.9 Å². The third kappa shape index (κ3) is 4.31. The second kappa shape index (κ2) is 7.59. The van der Waals surface area contributed by atoms with Crippen molar-refractivity contribution in [3.8, 4) is 5.75 Å². The zero-order chi connectivity index (χ0) is 18.7. The van der Waals surface area contributed by atoms with Gasteiger partial charge >= 0.3 is 5.97 Å². The van der Waals surface area contributed by atoms with Gasteiger partial charge in [0.2, 0.25) is 11.6 Å². The average molecular weight is 399 g/mol. The summed E-state index contributed by atoms with van der Waals surface area (Å²) in [5.74, 6) is -1.20. The molecule has 0 bridgehead atoms. The number of carboxylic acids is 1. The number of carboxylic acid groups (broad SMARTS) is 1. The largest absolute Gasteiger partial charge is 0.486 e. The Morgan fingerprint density at radius 1 is 1.38 bits per heavy atom. The lowest BCUT2D eigenvalue weighted by Gasteiger charge is -2.17. The smallest absolute Gasteiger partial charge is 0.343 e. The number of halogens is 2. The Bertz CT molecular complexity index is 813. The van der Waals surface area contributed by atoms with Crippen molar-refractivity contribution in [1.82, 2.24) is 9.88 Å². The van der Waals surface area contributed by atoms with Crippen molar-refractivity contribution in [1.29, 1.82) is 0 Å². The van der Waals surface area contributed by atoms with E-state index in [1.807, 2.05) is 0 Å². The maximum absolute atomic E-state index is 14.0. The van der Waals surface area contributed by atoms with Gasteiger partial charge in [-0.1, -0.05) is 11.6 Å². The number of nitrogens with zero attached hydrogens (tertiary/aromatic N) is 2. The van der Waals surface area contributed by atoms with Gasteiger partial charge in [-0.05, 0) is 24.3 Å². The number of benzene rings is 1. The lowest BCUT2D eigenvalue weighted by molar-refractivity contribution is -0.150. The SMILES string of the molecule is O=C(Cc1csc(COc2ccc(Cl)cc2)n1)N1CCC(F)(C(=O)O)C1. The van der Waals surface area contributed by atoms with Crippen molar-refractivity contribution in [3.63, 3.8) is 0 Å². The molecule has 9 heteroatoms. The number of hydrogen-bond acceptors (Lipinski definition) is 5. The molecule has 1 N–H and O–H groups in total. The predicted octanol–water partition coefficient (Wildman–Crippen LogP) is 2.94. The van der Waals surface area contributed by atoms with Gasteiger partial charge < -0.3 is 14.7 Å². The van der Waals surface area contributed by atoms with E-state index in [-0.39, 0.29) is 31.9 Å². The van der Waals surface area contributed by atoms with Crippen LogP contribution in [0.4, 0.5) is 4.39 Å². The highest BCUT2D eigenvalue weighted by atomic mass is 35.5. The van der Waals surface area contributed by atoms with Crippen LogP contribution in [0.3, 0.4) is 0 Å². The highest BCUT2D eigenvalue weighted by Gasteiger charge is 2.46. The molecule has 1 aliphatic heterocycles. The van der Waals surface area contributed by atoms with Crippen molar-refractivity contribution in [2.24, 2.45) is 0 Å². The van der Waals surface area contributed by atoms with Crippen molar-refractivity contribution in [2.75, 3.05) is 13.1 Å². The van der Waals surface area contributed by atoms with Gasteiger partial charge in [-0.2, -0.15) is 0 Å². The molecule has 6 nitrogen and oxygen atoms in total. The van der Waals surface area contributed by atoms with Crippen molar-refractivity contribution in [3.05, 3.63) is 45.4 Å². The quantitative estimate of drug-likeness (QED) is 0.809. The molecule has 0 saturated carbocycles. The Labute approximate surface area is 158 Å². The number of ether oxygens (including phenoxy) is 1. The molecule has 0 aliphatic carbocycles. The number of thiazole rings is 1. The van der Waals surface area contributed by atoms with Gasteiger partial charge in [0.1, 0.15) is 17.4 Å². The Morgan fingerprint density at radius 3 is 2.77 bits per heavy atom. The summed E-state index contributed by atoms with van der Waals surface area (Å²) in [6.45, 7) is -0.0625. The fraction of sp³-hybridized carbons (Fsp3) is 0.353. The fourth-order valence-corrected chi connectivity index (χ4v) is 3.43. The number of carbonyl (C=O) groups is 2. The molecule has 1 aromatic heterocycles. The molecule has 1 fully saturated rings. The Hall–Kier alpha value is -2.19. The van der Waals surface area contributed by atoms with Crippen LogP contribution in [0.2, 0.25) is 5.02 Å². The van der Waals surface area contributed by atoms with E-state index in [1.165, 1.54) is 16.2 Å². The number of amides is 1. The number of rotatable bonds is 6. The molecule has 1 unspecified atom stereocenters. The molecule has 1 aliphatic rings. The van der Waals surface area contributed by atoms with E-state index in [0.29, 0.717) is 21.5 Å². The van der Waals surface area contributed by atoms with Gasteiger partial charge in [0, 0.05) is 23.4 Å². The molecule has 0 radical (unpaired) electrons. The van der Waals surface area contributed by atoms with Crippen molar-refractivity contribution < 1.29 is 23.8 Å². The minimum absolute atomic E-state index is 0.00709. The van der Waals surface area contributed by atoms with Crippen LogP contribution < -0.4 is 4.74 Å². The van der Waals surface area contributed by atoms with Gasteiger partial charge in [-0.3, -0.25) is 4.79 Å². The molecular formula is C17H16ClFN2O4S. The first-order chi connectivity index (χ1) is 12.4. The Kier molecular flexibility index (Phi) is 5.43. The summed E-state index contributed by atoms with van der Waals surface area (Å²) in [6.07, 6.45) is -0.182. The number of hydrogen-bond donors (Lipinski definition) is 1. The summed E-state index contributed by atoms with van der Waals surface area (Å²) in [5, 5.41) is 12.0. The number of likely N-dealkylation sites (tertiary alicyclic amines) is 1. The first kappa shape index (κ1) is 18.6. The summed E-state index contributed by atoms with van der Waals surface area (Å²) in [7, 11) is 0. The molecular weight excluding hydrogens is 383 g/mol. The zero-order valence-electron chi connectivity index (χ0n) is 13.7. The lowest BCUT2D eigenvalue weighted by Crippen LogP contribution is -2.39. The third-order valence-corrected chi connectivity index (χ3v) is 5.19. The molecule has 1 atom stereocenters. The van der Waals surface area contributed by atoms with Gasteiger partial charge in [0.25, 0.3) is 0 Å². The van der Waals surface area contributed by atoms with Gasteiger partial charge in [-0.15, -0.1) is 11.3 Å². The van der Waals surface area contributed by atoms with Crippen molar-refractivity contribution >= 4 is 34.8 Å². The summed E-state index contributed by atoms with van der Waals surface area (Å²) >= 11 is 7.17. The van der Waals surface area contributed by atoms with E-state index in [1.54, 1.807) is 29.6 Å². The molecule has 2 heterocycles. The van der Waals surface area contributed by atoms with E-state index in [4.69, 9.17) is 21.4 Å². The van der Waals surface area contributed by atoms with E-state index >= 15 is 0 Å². The minimum Gasteiger partial charge on any atom is -0.486 e. The van der Waals surface area contributed by atoms with Crippen LogP contribution in [0.1, 0.15) is 17.1 Å². The maximum atomic E-state index is 14.0. The summed E-state index contributed by atoms with van der Waals surface area (Å²) < 4.78 is 19.6. The van der Waals surface area contributed by atoms with Crippen LogP contribution in [-0.2, 0) is 22.6 Å². The number of aromatic nitrogens is 1. The number of aliphatic carboxylic acids is 1. The monoisotopic (exact) mass is 398 g/mol. The topological polar surface area (TPSA) is 79.7 Å². The Balaban J connectivity index is 1.52. The molecule has 138 valence electrons.